The van der Waals surface area contributed by atoms with Crippen molar-refractivity contribution in [3.63, 3.8) is 0 Å². The summed E-state index contributed by atoms with van der Waals surface area (Å²) in [5.74, 6) is 0.252. The van der Waals surface area contributed by atoms with E-state index in [1.54, 1.807) is 38.6 Å². The van der Waals surface area contributed by atoms with Crippen LogP contribution in [0.4, 0.5) is 0 Å². The van der Waals surface area contributed by atoms with E-state index in [2.05, 4.69) is 15.0 Å². The zero-order valence-corrected chi connectivity index (χ0v) is 15.4. The standard InChI is InChI=1S/C20H22N4O2/c1-12(2)8-17(25)15-10-21-19-18(15)23-16(11-22-19)13-6-5-7-14(9-13)20(26)24(3)4/h5-7,9-12H,8H2,1-4H3,(H,21,22). The van der Waals surface area contributed by atoms with Gasteiger partial charge in [0, 0.05) is 37.8 Å². The molecule has 2 aromatic heterocycles. The first kappa shape index (κ1) is 17.8. The number of H-pyrrole nitrogens is 1. The Labute approximate surface area is 152 Å². The molecule has 0 saturated carbocycles. The third kappa shape index (κ3) is 3.49. The fraction of sp³-hybridized carbons (Fsp3) is 0.300. The highest BCUT2D eigenvalue weighted by Crippen LogP contribution is 2.23. The summed E-state index contributed by atoms with van der Waals surface area (Å²) >= 11 is 0. The van der Waals surface area contributed by atoms with E-state index in [0.29, 0.717) is 34.4 Å². The molecule has 1 aromatic carbocycles. The predicted octanol–water partition coefficient (Wildman–Crippen LogP) is 3.56. The molecule has 3 aromatic rings. The van der Waals surface area contributed by atoms with Crippen molar-refractivity contribution in [1.82, 2.24) is 19.9 Å². The topological polar surface area (TPSA) is 79.0 Å². The molecule has 6 heteroatoms. The average Bonchev–Trinajstić information content (AvgIpc) is 3.03. The van der Waals surface area contributed by atoms with Crippen molar-refractivity contribution >= 4 is 22.9 Å². The van der Waals surface area contributed by atoms with Crippen LogP contribution in [0.1, 0.15) is 41.0 Å². The minimum absolute atomic E-state index is 0.0502. The van der Waals surface area contributed by atoms with Crippen LogP contribution in [0.5, 0.6) is 0 Å². The number of amides is 1. The second-order valence-corrected chi connectivity index (χ2v) is 6.96. The van der Waals surface area contributed by atoms with Crippen LogP contribution >= 0.6 is 0 Å². The van der Waals surface area contributed by atoms with Gasteiger partial charge in [0.2, 0.25) is 0 Å². The van der Waals surface area contributed by atoms with Crippen molar-refractivity contribution in [2.75, 3.05) is 14.1 Å². The summed E-state index contributed by atoms with van der Waals surface area (Å²) in [4.78, 5) is 38.2. The molecule has 3 rings (SSSR count). The van der Waals surface area contributed by atoms with Crippen molar-refractivity contribution in [1.29, 1.82) is 0 Å². The number of carbonyl (C=O) groups excluding carboxylic acids is 2. The lowest BCUT2D eigenvalue weighted by atomic mass is 10.0. The third-order valence-corrected chi connectivity index (χ3v) is 4.09. The highest BCUT2D eigenvalue weighted by molar-refractivity contribution is 6.06. The first-order chi connectivity index (χ1) is 12.4. The molecule has 0 bridgehead atoms. The van der Waals surface area contributed by atoms with Crippen LogP contribution < -0.4 is 0 Å². The fourth-order valence-corrected chi connectivity index (χ4v) is 2.79. The minimum Gasteiger partial charge on any atom is -0.345 e. The van der Waals surface area contributed by atoms with Gasteiger partial charge in [0.15, 0.2) is 11.4 Å². The van der Waals surface area contributed by atoms with Crippen molar-refractivity contribution in [2.24, 2.45) is 5.92 Å². The number of benzene rings is 1. The molecule has 0 aliphatic rings. The van der Waals surface area contributed by atoms with Crippen LogP contribution in [-0.4, -0.2) is 45.6 Å². The summed E-state index contributed by atoms with van der Waals surface area (Å²) in [6, 6.07) is 7.26. The predicted molar refractivity (Wildman–Crippen MR) is 101 cm³/mol. The molecule has 0 fully saturated rings. The van der Waals surface area contributed by atoms with Gasteiger partial charge in [-0.25, -0.2) is 9.97 Å². The molecule has 6 nitrogen and oxygen atoms in total. The van der Waals surface area contributed by atoms with E-state index < -0.39 is 0 Å². The van der Waals surface area contributed by atoms with Gasteiger partial charge >= 0.3 is 0 Å². The van der Waals surface area contributed by atoms with Crippen molar-refractivity contribution in [3.8, 4) is 11.3 Å². The second-order valence-electron chi connectivity index (χ2n) is 6.96. The van der Waals surface area contributed by atoms with Gasteiger partial charge in [-0.15, -0.1) is 0 Å². The Morgan fingerprint density at radius 1 is 1.23 bits per heavy atom. The Morgan fingerprint density at radius 3 is 2.69 bits per heavy atom. The Morgan fingerprint density at radius 2 is 2.00 bits per heavy atom. The molecule has 0 radical (unpaired) electrons. The molecule has 134 valence electrons. The zero-order chi connectivity index (χ0) is 18.8. The maximum absolute atomic E-state index is 12.5. The number of hydrogen-bond acceptors (Lipinski definition) is 4. The lowest BCUT2D eigenvalue weighted by molar-refractivity contribution is 0.0827. The van der Waals surface area contributed by atoms with Gasteiger partial charge in [-0.3, -0.25) is 9.59 Å². The smallest absolute Gasteiger partial charge is 0.253 e. The molecule has 26 heavy (non-hydrogen) atoms. The lowest BCUT2D eigenvalue weighted by Crippen LogP contribution is -2.21. The van der Waals surface area contributed by atoms with Gasteiger partial charge in [-0.1, -0.05) is 26.0 Å². The number of rotatable bonds is 5. The molecule has 1 N–H and O–H groups in total. The summed E-state index contributed by atoms with van der Waals surface area (Å²) in [7, 11) is 3.43. The van der Waals surface area contributed by atoms with Crippen LogP contribution in [-0.2, 0) is 0 Å². The second kappa shape index (κ2) is 7.07. The third-order valence-electron chi connectivity index (χ3n) is 4.09. The van der Waals surface area contributed by atoms with E-state index in [9.17, 15) is 9.59 Å². The van der Waals surface area contributed by atoms with Crippen molar-refractivity contribution < 1.29 is 9.59 Å². The molecule has 1 amide bonds. The van der Waals surface area contributed by atoms with E-state index in [1.807, 2.05) is 26.0 Å². The Hall–Kier alpha value is -3.02. The number of nitrogens with zero attached hydrogens (tertiary/aromatic N) is 3. The SMILES string of the molecule is CC(C)CC(=O)c1c[nH]c2ncc(-c3cccc(C(=O)N(C)C)c3)nc12. The van der Waals surface area contributed by atoms with E-state index >= 15 is 0 Å². The fourth-order valence-electron chi connectivity index (χ4n) is 2.79. The van der Waals surface area contributed by atoms with Crippen LogP contribution in [0, 0.1) is 5.92 Å². The molecule has 0 aliphatic carbocycles. The largest absolute Gasteiger partial charge is 0.345 e. The number of hydrogen-bond donors (Lipinski definition) is 1. The maximum Gasteiger partial charge on any atom is 0.253 e. The van der Waals surface area contributed by atoms with Gasteiger partial charge in [-0.05, 0) is 18.1 Å². The Kier molecular flexibility index (Phi) is 4.84. The van der Waals surface area contributed by atoms with E-state index in [1.165, 1.54) is 4.90 Å². The first-order valence-corrected chi connectivity index (χ1v) is 8.56. The van der Waals surface area contributed by atoms with E-state index in [4.69, 9.17) is 0 Å². The quantitative estimate of drug-likeness (QED) is 0.714. The van der Waals surface area contributed by atoms with Crippen LogP contribution in [0.3, 0.4) is 0 Å². The van der Waals surface area contributed by atoms with Crippen molar-refractivity contribution in [3.05, 3.63) is 47.8 Å². The molecular weight excluding hydrogens is 328 g/mol. The summed E-state index contributed by atoms with van der Waals surface area (Å²) in [6.45, 7) is 4.02. The normalized spacial score (nSPS) is 11.1. The van der Waals surface area contributed by atoms with Crippen LogP contribution in [0.15, 0.2) is 36.7 Å². The molecule has 2 heterocycles. The Balaban J connectivity index is 2.03. The number of carbonyl (C=O) groups is 2. The van der Waals surface area contributed by atoms with Gasteiger partial charge in [0.05, 0.1) is 17.5 Å². The van der Waals surface area contributed by atoms with Gasteiger partial charge in [-0.2, -0.15) is 0 Å². The highest BCUT2D eigenvalue weighted by atomic mass is 16.2. The van der Waals surface area contributed by atoms with Gasteiger partial charge in [0.25, 0.3) is 5.91 Å². The first-order valence-electron chi connectivity index (χ1n) is 8.56. The van der Waals surface area contributed by atoms with E-state index in [0.717, 1.165) is 5.56 Å². The average molecular weight is 350 g/mol. The monoisotopic (exact) mass is 350 g/mol. The zero-order valence-electron chi connectivity index (χ0n) is 15.4. The van der Waals surface area contributed by atoms with Gasteiger partial charge in [0.1, 0.15) is 5.52 Å². The lowest BCUT2D eigenvalue weighted by Gasteiger charge is -2.11. The number of nitrogens with one attached hydrogen (secondary N) is 1. The number of Topliss-reactive ketones (excluding diaryl/α,β-unsaturated/α-hetero) is 1. The molecular formula is C20H22N4O2. The summed E-state index contributed by atoms with van der Waals surface area (Å²) in [5.41, 5.74) is 3.71. The molecule has 0 saturated heterocycles. The summed E-state index contributed by atoms with van der Waals surface area (Å²) in [6.07, 6.45) is 3.78. The molecule has 0 spiro atoms. The number of fused-ring (bicyclic) bond motifs is 1. The van der Waals surface area contributed by atoms with Crippen LogP contribution in [0.25, 0.3) is 22.4 Å². The number of aromatic amines is 1. The highest BCUT2D eigenvalue weighted by Gasteiger charge is 2.17. The molecule has 0 aliphatic heterocycles. The molecule has 0 atom stereocenters. The van der Waals surface area contributed by atoms with Crippen LogP contribution in [0.2, 0.25) is 0 Å². The summed E-state index contributed by atoms with van der Waals surface area (Å²) in [5, 5.41) is 0. The number of ketones is 1. The molecule has 0 unspecified atom stereocenters. The Bertz CT molecular complexity index is 973. The van der Waals surface area contributed by atoms with Crippen molar-refractivity contribution in [2.45, 2.75) is 20.3 Å². The van der Waals surface area contributed by atoms with E-state index in [-0.39, 0.29) is 17.6 Å². The maximum atomic E-state index is 12.5. The minimum atomic E-state index is -0.0738. The van der Waals surface area contributed by atoms with Gasteiger partial charge < -0.3 is 9.88 Å². The number of aromatic nitrogens is 3. The summed E-state index contributed by atoms with van der Waals surface area (Å²) < 4.78 is 0.